The van der Waals surface area contributed by atoms with Gasteiger partial charge < -0.3 is 20.8 Å². The van der Waals surface area contributed by atoms with Crippen molar-refractivity contribution < 1.29 is 10.2 Å². The van der Waals surface area contributed by atoms with Crippen molar-refractivity contribution in [2.45, 2.75) is 38.8 Å². The number of nitrogens with zero attached hydrogens (tertiary/aromatic N) is 2. The second kappa shape index (κ2) is 8.66. The Morgan fingerprint density at radius 2 is 1.67 bits per heavy atom. The smallest absolute Gasteiger partial charge is 0.106 e. The van der Waals surface area contributed by atoms with E-state index < -0.39 is 12.5 Å². The van der Waals surface area contributed by atoms with E-state index in [0.717, 1.165) is 30.9 Å². The van der Waals surface area contributed by atoms with Gasteiger partial charge in [-0.1, -0.05) is 0 Å². The highest BCUT2D eigenvalue weighted by Gasteiger charge is 2.32. The Labute approximate surface area is 138 Å². The van der Waals surface area contributed by atoms with E-state index in [4.69, 9.17) is 5.73 Å². The lowest BCUT2D eigenvalue weighted by Gasteiger charge is -2.33. The monoisotopic (exact) mass is 337 g/mol. The van der Waals surface area contributed by atoms with Gasteiger partial charge >= 0.3 is 0 Å². The maximum atomic E-state index is 9.77. The molecular weight excluding hydrogens is 313 g/mol. The van der Waals surface area contributed by atoms with E-state index in [-0.39, 0.29) is 30.9 Å². The van der Waals surface area contributed by atoms with Gasteiger partial charge in [-0.05, 0) is 44.5 Å². The molecule has 0 saturated carbocycles. The van der Waals surface area contributed by atoms with Crippen LogP contribution in [0.15, 0.2) is 24.3 Å². The SMILES string of the molecule is CC(O)N(C(C)O)C1CCN(c2ccc(N)cc2)C1.Cl.Cl. The summed E-state index contributed by atoms with van der Waals surface area (Å²) in [4.78, 5) is 4.00. The largest absolute Gasteiger partial charge is 0.399 e. The third kappa shape index (κ3) is 4.90. The molecule has 1 aromatic rings. The zero-order chi connectivity index (χ0) is 14.0. The zero-order valence-electron chi connectivity index (χ0n) is 12.3. The van der Waals surface area contributed by atoms with Crippen LogP contribution in [0.4, 0.5) is 11.4 Å². The second-order valence-electron chi connectivity index (χ2n) is 5.19. The number of aliphatic hydroxyl groups excluding tert-OH is 2. The first-order chi connectivity index (χ1) is 8.99. The third-order valence-corrected chi connectivity index (χ3v) is 3.71. The molecule has 1 fully saturated rings. The van der Waals surface area contributed by atoms with Gasteiger partial charge in [-0.25, -0.2) is 4.90 Å². The van der Waals surface area contributed by atoms with Crippen molar-refractivity contribution in [2.75, 3.05) is 23.7 Å². The fourth-order valence-electron chi connectivity index (χ4n) is 2.83. The van der Waals surface area contributed by atoms with Crippen LogP contribution in [0.1, 0.15) is 20.3 Å². The predicted octanol–water partition coefficient (Wildman–Crippen LogP) is 1.67. The van der Waals surface area contributed by atoms with Crippen LogP contribution in [0.5, 0.6) is 0 Å². The van der Waals surface area contributed by atoms with Gasteiger partial charge in [0.1, 0.15) is 12.5 Å². The molecule has 5 nitrogen and oxygen atoms in total. The molecule has 0 aromatic heterocycles. The van der Waals surface area contributed by atoms with E-state index >= 15 is 0 Å². The number of halogens is 2. The van der Waals surface area contributed by atoms with Gasteiger partial charge in [0, 0.05) is 30.5 Å². The Bertz CT molecular complexity index is 407. The van der Waals surface area contributed by atoms with Crippen molar-refractivity contribution in [3.8, 4) is 0 Å². The molecule has 0 bridgehead atoms. The maximum Gasteiger partial charge on any atom is 0.106 e. The van der Waals surface area contributed by atoms with Crippen LogP contribution in [0.3, 0.4) is 0 Å². The Morgan fingerprint density at radius 3 is 2.14 bits per heavy atom. The van der Waals surface area contributed by atoms with Crippen LogP contribution in [-0.4, -0.2) is 46.7 Å². The summed E-state index contributed by atoms with van der Waals surface area (Å²) in [7, 11) is 0. The predicted molar refractivity (Wildman–Crippen MR) is 91.2 cm³/mol. The minimum absolute atomic E-state index is 0. The molecule has 2 rings (SSSR count). The fourth-order valence-corrected chi connectivity index (χ4v) is 2.83. The molecule has 3 unspecified atom stereocenters. The zero-order valence-corrected chi connectivity index (χ0v) is 14.0. The van der Waals surface area contributed by atoms with Crippen LogP contribution in [0.25, 0.3) is 0 Å². The van der Waals surface area contributed by atoms with Gasteiger partial charge in [-0.15, -0.1) is 24.8 Å². The van der Waals surface area contributed by atoms with Crippen molar-refractivity contribution in [1.29, 1.82) is 0 Å². The average Bonchev–Trinajstić information content (AvgIpc) is 2.78. The van der Waals surface area contributed by atoms with Crippen molar-refractivity contribution in [2.24, 2.45) is 0 Å². The van der Waals surface area contributed by atoms with E-state index in [1.165, 1.54) is 0 Å². The van der Waals surface area contributed by atoms with E-state index in [1.807, 2.05) is 24.3 Å². The highest BCUT2D eigenvalue weighted by molar-refractivity contribution is 5.85. The molecule has 0 amide bonds. The van der Waals surface area contributed by atoms with Gasteiger partial charge in [0.15, 0.2) is 0 Å². The highest BCUT2D eigenvalue weighted by Crippen LogP contribution is 2.25. The van der Waals surface area contributed by atoms with Crippen molar-refractivity contribution in [1.82, 2.24) is 4.90 Å². The summed E-state index contributed by atoms with van der Waals surface area (Å²) in [6.07, 6.45) is -0.354. The van der Waals surface area contributed by atoms with Crippen molar-refractivity contribution in [3.63, 3.8) is 0 Å². The molecule has 21 heavy (non-hydrogen) atoms. The summed E-state index contributed by atoms with van der Waals surface area (Å²) in [5, 5.41) is 19.5. The Balaban J connectivity index is 0.00000200. The van der Waals surface area contributed by atoms with Crippen LogP contribution in [0.2, 0.25) is 0 Å². The minimum Gasteiger partial charge on any atom is -0.399 e. The number of benzene rings is 1. The standard InChI is InChI=1S/C14H23N3O2.2ClH/c1-10(18)17(11(2)19)14-7-8-16(9-14)13-5-3-12(15)4-6-13;;/h3-6,10-11,14,18-19H,7-9,15H2,1-2H3;2*1H. The lowest BCUT2D eigenvalue weighted by Crippen LogP contribution is -2.48. The maximum absolute atomic E-state index is 9.77. The first kappa shape index (κ1) is 20.3. The molecule has 1 aromatic carbocycles. The first-order valence-corrected chi connectivity index (χ1v) is 6.73. The molecule has 4 N–H and O–H groups in total. The summed E-state index contributed by atoms with van der Waals surface area (Å²) in [6.45, 7) is 5.11. The topological polar surface area (TPSA) is 73.0 Å². The Kier molecular flexibility index (Phi) is 8.36. The summed E-state index contributed by atoms with van der Waals surface area (Å²) in [6, 6.07) is 7.96. The molecule has 0 radical (unpaired) electrons. The van der Waals surface area contributed by atoms with Crippen LogP contribution in [0, 0.1) is 0 Å². The van der Waals surface area contributed by atoms with Gasteiger partial charge in [0.2, 0.25) is 0 Å². The quantitative estimate of drug-likeness (QED) is 0.575. The molecule has 1 saturated heterocycles. The van der Waals surface area contributed by atoms with Gasteiger partial charge in [0.05, 0.1) is 0 Å². The first-order valence-electron chi connectivity index (χ1n) is 6.73. The number of hydrogen-bond donors (Lipinski definition) is 3. The summed E-state index contributed by atoms with van der Waals surface area (Å²) < 4.78 is 0. The van der Waals surface area contributed by atoms with Crippen molar-refractivity contribution >= 4 is 36.2 Å². The fraction of sp³-hybridized carbons (Fsp3) is 0.571. The lowest BCUT2D eigenvalue weighted by atomic mass is 10.2. The van der Waals surface area contributed by atoms with E-state index in [0.29, 0.717) is 0 Å². The molecule has 7 heteroatoms. The van der Waals surface area contributed by atoms with Gasteiger partial charge in [-0.2, -0.15) is 0 Å². The molecular formula is C14H25Cl2N3O2. The molecule has 1 aliphatic rings. The molecule has 0 spiro atoms. The van der Waals surface area contributed by atoms with Crippen LogP contribution >= 0.6 is 24.8 Å². The minimum atomic E-state index is -0.642. The van der Waals surface area contributed by atoms with Gasteiger partial charge in [0.25, 0.3) is 0 Å². The number of rotatable bonds is 4. The number of hydrogen-bond acceptors (Lipinski definition) is 5. The average molecular weight is 338 g/mol. The second-order valence-corrected chi connectivity index (χ2v) is 5.19. The Hall–Kier alpha value is -0.720. The summed E-state index contributed by atoms with van der Waals surface area (Å²) in [5.41, 5.74) is 7.58. The Morgan fingerprint density at radius 1 is 1.14 bits per heavy atom. The van der Waals surface area contributed by atoms with E-state index in [2.05, 4.69) is 4.90 Å². The molecule has 1 aliphatic heterocycles. The summed E-state index contributed by atoms with van der Waals surface area (Å²) >= 11 is 0. The van der Waals surface area contributed by atoms with E-state index in [9.17, 15) is 10.2 Å². The molecule has 122 valence electrons. The van der Waals surface area contributed by atoms with Gasteiger partial charge in [-0.3, -0.25) is 0 Å². The van der Waals surface area contributed by atoms with Crippen LogP contribution < -0.4 is 10.6 Å². The summed E-state index contributed by atoms with van der Waals surface area (Å²) in [5.74, 6) is 0. The number of anilines is 2. The number of aliphatic hydroxyl groups is 2. The molecule has 0 aliphatic carbocycles. The third-order valence-electron chi connectivity index (χ3n) is 3.71. The molecule has 3 atom stereocenters. The number of nitrogens with two attached hydrogens (primary N) is 1. The van der Waals surface area contributed by atoms with Crippen molar-refractivity contribution in [3.05, 3.63) is 24.3 Å². The highest BCUT2D eigenvalue weighted by atomic mass is 35.5. The number of nitrogen functional groups attached to an aromatic ring is 1. The molecule has 1 heterocycles. The lowest BCUT2D eigenvalue weighted by molar-refractivity contribution is -0.104. The van der Waals surface area contributed by atoms with Crippen LogP contribution in [-0.2, 0) is 0 Å². The van der Waals surface area contributed by atoms with E-state index in [1.54, 1.807) is 18.7 Å². The normalized spacial score (nSPS) is 20.6.